The van der Waals surface area contributed by atoms with Crippen LogP contribution in [-0.4, -0.2) is 12.5 Å². The molecule has 0 rings (SSSR count). The van der Waals surface area contributed by atoms with Gasteiger partial charge in [0.1, 0.15) is 0 Å². The van der Waals surface area contributed by atoms with Crippen LogP contribution in [0.2, 0.25) is 0 Å². The molecule has 0 aliphatic heterocycles. The summed E-state index contributed by atoms with van der Waals surface area (Å²) in [6.07, 6.45) is 12.2. The van der Waals surface area contributed by atoms with Crippen molar-refractivity contribution in [2.24, 2.45) is 5.41 Å². The molecule has 2 nitrogen and oxygen atoms in total. The average molecular weight is 269 g/mol. The van der Waals surface area contributed by atoms with Gasteiger partial charge in [-0.25, -0.2) is 0 Å². The lowest BCUT2D eigenvalue weighted by molar-refractivity contribution is -0.121. The van der Waals surface area contributed by atoms with Crippen molar-refractivity contribution in [3.8, 4) is 0 Å². The first-order chi connectivity index (χ1) is 9.08. The van der Waals surface area contributed by atoms with Gasteiger partial charge in [0.15, 0.2) is 0 Å². The molecule has 0 aliphatic rings. The number of hydrogen-bond acceptors (Lipinski definition) is 1. The zero-order valence-electron chi connectivity index (χ0n) is 13.7. The smallest absolute Gasteiger partial charge is 0.220 e. The fourth-order valence-electron chi connectivity index (χ4n) is 2.66. The van der Waals surface area contributed by atoms with Gasteiger partial charge >= 0.3 is 0 Å². The van der Waals surface area contributed by atoms with Gasteiger partial charge in [-0.3, -0.25) is 4.79 Å². The van der Waals surface area contributed by atoms with Crippen LogP contribution in [0.3, 0.4) is 0 Å². The molecule has 0 heterocycles. The molecular weight excluding hydrogens is 234 g/mol. The summed E-state index contributed by atoms with van der Waals surface area (Å²) in [5.74, 6) is 0.221. The largest absolute Gasteiger partial charge is 0.356 e. The van der Waals surface area contributed by atoms with Crippen molar-refractivity contribution in [3.63, 3.8) is 0 Å². The molecule has 0 aliphatic carbocycles. The van der Waals surface area contributed by atoms with Crippen LogP contribution >= 0.6 is 0 Å². The molecule has 0 saturated heterocycles. The van der Waals surface area contributed by atoms with Crippen LogP contribution in [-0.2, 0) is 4.79 Å². The number of unbranched alkanes of at least 4 members (excludes halogenated alkanes) is 4. The fourth-order valence-corrected chi connectivity index (χ4v) is 2.66. The molecule has 0 radical (unpaired) electrons. The Balaban J connectivity index is 4.12. The van der Waals surface area contributed by atoms with Crippen molar-refractivity contribution in [2.75, 3.05) is 6.54 Å². The van der Waals surface area contributed by atoms with Crippen LogP contribution in [0.5, 0.6) is 0 Å². The maximum absolute atomic E-state index is 11.6. The van der Waals surface area contributed by atoms with Crippen LogP contribution in [0.4, 0.5) is 0 Å². The molecule has 1 amide bonds. The van der Waals surface area contributed by atoms with Crippen molar-refractivity contribution in [3.05, 3.63) is 0 Å². The zero-order chi connectivity index (χ0) is 14.6. The Morgan fingerprint density at radius 1 is 0.895 bits per heavy atom. The van der Waals surface area contributed by atoms with Crippen molar-refractivity contribution < 1.29 is 4.79 Å². The molecule has 0 fully saturated rings. The van der Waals surface area contributed by atoms with Crippen molar-refractivity contribution in [1.82, 2.24) is 5.32 Å². The second-order valence-electron chi connectivity index (χ2n) is 6.18. The maximum Gasteiger partial charge on any atom is 0.220 e. The van der Waals surface area contributed by atoms with Gasteiger partial charge in [-0.2, -0.15) is 0 Å². The quantitative estimate of drug-likeness (QED) is 0.492. The van der Waals surface area contributed by atoms with Gasteiger partial charge in [0, 0.05) is 13.0 Å². The van der Waals surface area contributed by atoms with E-state index in [-0.39, 0.29) is 5.91 Å². The van der Waals surface area contributed by atoms with E-state index in [1.165, 1.54) is 51.4 Å². The van der Waals surface area contributed by atoms with Crippen LogP contribution in [0.15, 0.2) is 0 Å². The number of nitrogens with one attached hydrogen (secondary N) is 1. The lowest BCUT2D eigenvalue weighted by Gasteiger charge is -2.29. The van der Waals surface area contributed by atoms with E-state index < -0.39 is 0 Å². The molecule has 0 spiro atoms. The summed E-state index contributed by atoms with van der Waals surface area (Å²) in [4.78, 5) is 11.6. The molecule has 0 saturated carbocycles. The molecule has 114 valence electrons. The molecule has 1 N–H and O–H groups in total. The highest BCUT2D eigenvalue weighted by Crippen LogP contribution is 2.35. The SMILES string of the molecule is CCCCCCC(C)(CCCC)CCC(=O)NCC. The molecule has 1 unspecified atom stereocenters. The van der Waals surface area contributed by atoms with E-state index in [0.717, 1.165) is 13.0 Å². The summed E-state index contributed by atoms with van der Waals surface area (Å²) < 4.78 is 0. The summed E-state index contributed by atoms with van der Waals surface area (Å²) in [7, 11) is 0. The Morgan fingerprint density at radius 3 is 2.11 bits per heavy atom. The molecule has 2 heteroatoms. The first kappa shape index (κ1) is 18.5. The number of rotatable bonds is 12. The van der Waals surface area contributed by atoms with Crippen LogP contribution in [0.25, 0.3) is 0 Å². The molecular formula is C17H35NO. The van der Waals surface area contributed by atoms with Gasteiger partial charge < -0.3 is 5.32 Å². The number of carbonyl (C=O) groups excluding carboxylic acids is 1. The Hall–Kier alpha value is -0.530. The van der Waals surface area contributed by atoms with Gasteiger partial charge in [-0.15, -0.1) is 0 Å². The monoisotopic (exact) mass is 269 g/mol. The minimum Gasteiger partial charge on any atom is -0.356 e. The van der Waals surface area contributed by atoms with Gasteiger partial charge in [0.05, 0.1) is 0 Å². The molecule has 0 aromatic rings. The second-order valence-corrected chi connectivity index (χ2v) is 6.18. The van der Waals surface area contributed by atoms with Crippen molar-refractivity contribution in [2.45, 2.75) is 91.9 Å². The normalized spacial score (nSPS) is 14.1. The topological polar surface area (TPSA) is 29.1 Å². The molecule has 0 aromatic heterocycles. The number of amides is 1. The van der Waals surface area contributed by atoms with E-state index in [9.17, 15) is 4.79 Å². The van der Waals surface area contributed by atoms with E-state index >= 15 is 0 Å². The van der Waals surface area contributed by atoms with E-state index in [0.29, 0.717) is 11.8 Å². The van der Waals surface area contributed by atoms with E-state index in [2.05, 4.69) is 26.1 Å². The van der Waals surface area contributed by atoms with Crippen molar-refractivity contribution in [1.29, 1.82) is 0 Å². The molecule has 19 heavy (non-hydrogen) atoms. The zero-order valence-corrected chi connectivity index (χ0v) is 13.7. The predicted molar refractivity (Wildman–Crippen MR) is 84.3 cm³/mol. The second kappa shape index (κ2) is 11.3. The molecule has 1 atom stereocenters. The van der Waals surface area contributed by atoms with Crippen molar-refractivity contribution >= 4 is 5.91 Å². The van der Waals surface area contributed by atoms with Crippen LogP contribution in [0.1, 0.15) is 91.9 Å². The summed E-state index contributed by atoms with van der Waals surface area (Å²) in [5.41, 5.74) is 0.370. The predicted octanol–water partition coefficient (Wildman–Crippen LogP) is 5.07. The Kier molecular flexibility index (Phi) is 11.0. The Bertz CT molecular complexity index is 227. The molecule has 0 bridgehead atoms. The third-order valence-electron chi connectivity index (χ3n) is 4.10. The summed E-state index contributed by atoms with van der Waals surface area (Å²) >= 11 is 0. The van der Waals surface area contributed by atoms with Gasteiger partial charge in [0.2, 0.25) is 5.91 Å². The summed E-state index contributed by atoms with van der Waals surface area (Å²) in [6, 6.07) is 0. The highest BCUT2D eigenvalue weighted by atomic mass is 16.1. The van der Waals surface area contributed by atoms with Gasteiger partial charge in [-0.1, -0.05) is 59.3 Å². The number of hydrogen-bond donors (Lipinski definition) is 1. The van der Waals surface area contributed by atoms with E-state index in [4.69, 9.17) is 0 Å². The van der Waals surface area contributed by atoms with E-state index in [1.807, 2.05) is 6.92 Å². The third kappa shape index (κ3) is 9.98. The maximum atomic E-state index is 11.6. The minimum atomic E-state index is 0.221. The third-order valence-corrected chi connectivity index (χ3v) is 4.10. The van der Waals surface area contributed by atoms with Gasteiger partial charge in [0.25, 0.3) is 0 Å². The lowest BCUT2D eigenvalue weighted by atomic mass is 9.76. The lowest BCUT2D eigenvalue weighted by Crippen LogP contribution is -2.25. The molecule has 0 aromatic carbocycles. The summed E-state index contributed by atoms with van der Waals surface area (Å²) in [6.45, 7) is 9.63. The average Bonchev–Trinajstić information content (AvgIpc) is 2.40. The standard InChI is InChI=1S/C17H35NO/c1-5-8-10-11-14-17(4,13-9-6-2)15-12-16(19)18-7-3/h5-15H2,1-4H3,(H,18,19). The van der Waals surface area contributed by atoms with Crippen LogP contribution in [0, 0.1) is 5.41 Å². The first-order valence-electron chi connectivity index (χ1n) is 8.34. The Morgan fingerprint density at radius 2 is 1.53 bits per heavy atom. The fraction of sp³-hybridized carbons (Fsp3) is 0.941. The minimum absolute atomic E-state index is 0.221. The van der Waals surface area contributed by atoms with Gasteiger partial charge in [-0.05, 0) is 31.6 Å². The Labute approximate surface area is 120 Å². The summed E-state index contributed by atoms with van der Waals surface area (Å²) in [5, 5.41) is 2.91. The highest BCUT2D eigenvalue weighted by molar-refractivity contribution is 5.75. The number of carbonyl (C=O) groups is 1. The first-order valence-corrected chi connectivity index (χ1v) is 8.34. The van der Waals surface area contributed by atoms with E-state index in [1.54, 1.807) is 0 Å². The highest BCUT2D eigenvalue weighted by Gasteiger charge is 2.23. The van der Waals surface area contributed by atoms with Crippen LogP contribution < -0.4 is 5.32 Å².